The second kappa shape index (κ2) is 5.01. The van der Waals surface area contributed by atoms with Crippen LogP contribution in [0, 0.1) is 0 Å². The molecule has 0 fully saturated rings. The molecule has 0 aliphatic carbocycles. The maximum absolute atomic E-state index is 12.4. The highest BCUT2D eigenvalue weighted by Crippen LogP contribution is 2.34. The normalized spacial score (nSPS) is 11.6. The molecular formula is C12H6Br2F3N. The van der Waals surface area contributed by atoms with Crippen LogP contribution in [0.2, 0.25) is 0 Å². The summed E-state index contributed by atoms with van der Waals surface area (Å²) in [5.41, 5.74) is 0.548. The molecule has 0 spiro atoms. The van der Waals surface area contributed by atoms with Gasteiger partial charge in [0.15, 0.2) is 0 Å². The molecule has 1 aromatic heterocycles. The smallest absolute Gasteiger partial charge is 0.255 e. The van der Waals surface area contributed by atoms with Crippen molar-refractivity contribution in [3.8, 4) is 11.3 Å². The fourth-order valence-electron chi connectivity index (χ4n) is 1.44. The van der Waals surface area contributed by atoms with Crippen LogP contribution in [-0.2, 0) is 6.18 Å². The first-order valence-corrected chi connectivity index (χ1v) is 6.46. The zero-order valence-electron chi connectivity index (χ0n) is 8.80. The molecule has 1 heterocycles. The SMILES string of the molecule is FC(F)(F)c1ccc(-c2nccc(Br)c2Br)cc1. The highest BCUT2D eigenvalue weighted by molar-refractivity contribution is 9.13. The lowest BCUT2D eigenvalue weighted by Crippen LogP contribution is -2.04. The third-order valence-electron chi connectivity index (χ3n) is 2.33. The molecule has 0 saturated carbocycles. The average molecular weight is 381 g/mol. The van der Waals surface area contributed by atoms with Crippen molar-refractivity contribution in [2.75, 3.05) is 0 Å². The average Bonchev–Trinajstić information content (AvgIpc) is 2.32. The third kappa shape index (κ3) is 2.75. The number of nitrogens with zero attached hydrogens (tertiary/aromatic N) is 1. The van der Waals surface area contributed by atoms with Crippen molar-refractivity contribution >= 4 is 31.9 Å². The van der Waals surface area contributed by atoms with E-state index in [0.717, 1.165) is 16.6 Å². The molecule has 0 N–H and O–H groups in total. The third-order valence-corrected chi connectivity index (χ3v) is 4.32. The Labute approximate surface area is 118 Å². The minimum absolute atomic E-state index is 0.595. The van der Waals surface area contributed by atoms with E-state index in [1.54, 1.807) is 12.3 Å². The van der Waals surface area contributed by atoms with Crippen LogP contribution < -0.4 is 0 Å². The van der Waals surface area contributed by atoms with Gasteiger partial charge in [-0.25, -0.2) is 0 Å². The van der Waals surface area contributed by atoms with Gasteiger partial charge in [-0.05, 0) is 50.1 Å². The number of hydrogen-bond donors (Lipinski definition) is 0. The van der Waals surface area contributed by atoms with Gasteiger partial charge in [0.05, 0.1) is 15.7 Å². The molecule has 0 unspecified atom stereocenters. The molecule has 18 heavy (non-hydrogen) atoms. The van der Waals surface area contributed by atoms with Gasteiger partial charge in [0.1, 0.15) is 0 Å². The lowest BCUT2D eigenvalue weighted by atomic mass is 10.1. The highest BCUT2D eigenvalue weighted by atomic mass is 79.9. The molecule has 1 aromatic carbocycles. The van der Waals surface area contributed by atoms with E-state index in [1.807, 2.05) is 0 Å². The van der Waals surface area contributed by atoms with E-state index in [2.05, 4.69) is 36.8 Å². The summed E-state index contributed by atoms with van der Waals surface area (Å²) in [6.07, 6.45) is -2.73. The molecule has 6 heteroatoms. The predicted molar refractivity (Wildman–Crippen MR) is 70.1 cm³/mol. The van der Waals surface area contributed by atoms with Crippen molar-refractivity contribution in [1.29, 1.82) is 0 Å². The summed E-state index contributed by atoms with van der Waals surface area (Å²) in [5, 5.41) is 0. The summed E-state index contributed by atoms with van der Waals surface area (Å²) in [6, 6.07) is 6.65. The van der Waals surface area contributed by atoms with Crippen LogP contribution in [-0.4, -0.2) is 4.98 Å². The first kappa shape index (κ1) is 13.5. The van der Waals surface area contributed by atoms with Crippen LogP contribution in [0.5, 0.6) is 0 Å². The number of hydrogen-bond acceptors (Lipinski definition) is 1. The van der Waals surface area contributed by atoms with Crippen molar-refractivity contribution in [3.63, 3.8) is 0 Å². The Morgan fingerprint density at radius 1 is 0.944 bits per heavy atom. The topological polar surface area (TPSA) is 12.9 Å². The molecule has 0 aliphatic rings. The summed E-state index contributed by atoms with van der Waals surface area (Å²) >= 11 is 6.67. The lowest BCUT2D eigenvalue weighted by Gasteiger charge is -2.08. The number of pyridine rings is 1. The highest BCUT2D eigenvalue weighted by Gasteiger charge is 2.30. The molecule has 94 valence electrons. The second-order valence-corrected chi connectivity index (χ2v) is 5.18. The Morgan fingerprint density at radius 2 is 1.56 bits per heavy atom. The number of alkyl halides is 3. The van der Waals surface area contributed by atoms with Gasteiger partial charge in [-0.1, -0.05) is 12.1 Å². The Bertz CT molecular complexity index is 565. The molecule has 0 bridgehead atoms. The van der Waals surface area contributed by atoms with E-state index in [9.17, 15) is 13.2 Å². The maximum Gasteiger partial charge on any atom is 0.416 e. The van der Waals surface area contributed by atoms with Gasteiger partial charge in [-0.15, -0.1) is 0 Å². The second-order valence-electron chi connectivity index (χ2n) is 3.53. The summed E-state index contributed by atoms with van der Waals surface area (Å²) in [4.78, 5) is 4.14. The van der Waals surface area contributed by atoms with Crippen molar-refractivity contribution in [1.82, 2.24) is 4.98 Å². The summed E-state index contributed by atoms with van der Waals surface area (Å²) in [5.74, 6) is 0. The van der Waals surface area contributed by atoms with E-state index in [0.29, 0.717) is 15.7 Å². The van der Waals surface area contributed by atoms with Crippen LogP contribution in [0.1, 0.15) is 5.56 Å². The zero-order valence-corrected chi connectivity index (χ0v) is 12.0. The van der Waals surface area contributed by atoms with Gasteiger partial charge in [0.25, 0.3) is 0 Å². The van der Waals surface area contributed by atoms with Crippen molar-refractivity contribution in [2.24, 2.45) is 0 Å². The van der Waals surface area contributed by atoms with Crippen LogP contribution in [0.15, 0.2) is 45.5 Å². The standard InChI is InChI=1S/C12H6Br2F3N/c13-9-5-6-18-11(10(9)14)7-1-3-8(4-2-7)12(15,16)17/h1-6H. The van der Waals surface area contributed by atoms with Crippen molar-refractivity contribution in [3.05, 3.63) is 51.0 Å². The van der Waals surface area contributed by atoms with Crippen molar-refractivity contribution in [2.45, 2.75) is 6.18 Å². The molecule has 0 radical (unpaired) electrons. The Balaban J connectivity index is 2.44. The summed E-state index contributed by atoms with van der Waals surface area (Å²) in [6.45, 7) is 0. The van der Waals surface area contributed by atoms with E-state index >= 15 is 0 Å². The molecule has 0 amide bonds. The number of benzene rings is 1. The summed E-state index contributed by atoms with van der Waals surface area (Å²) in [7, 11) is 0. The van der Waals surface area contributed by atoms with Crippen LogP contribution in [0.4, 0.5) is 13.2 Å². The number of halogens is 5. The van der Waals surface area contributed by atoms with E-state index < -0.39 is 11.7 Å². The minimum Gasteiger partial charge on any atom is -0.255 e. The van der Waals surface area contributed by atoms with Gasteiger partial charge in [0.2, 0.25) is 0 Å². The van der Waals surface area contributed by atoms with E-state index in [-0.39, 0.29) is 0 Å². The largest absolute Gasteiger partial charge is 0.416 e. The summed E-state index contributed by atoms with van der Waals surface area (Å²) < 4.78 is 38.8. The molecule has 0 aliphatic heterocycles. The first-order chi connectivity index (χ1) is 8.39. The van der Waals surface area contributed by atoms with Gasteiger partial charge in [-0.3, -0.25) is 4.98 Å². The molecule has 0 saturated heterocycles. The monoisotopic (exact) mass is 379 g/mol. The van der Waals surface area contributed by atoms with Crippen LogP contribution >= 0.6 is 31.9 Å². The minimum atomic E-state index is -4.32. The molecule has 1 nitrogen and oxygen atoms in total. The Hall–Kier alpha value is -0.880. The fraction of sp³-hybridized carbons (Fsp3) is 0.0833. The van der Waals surface area contributed by atoms with Gasteiger partial charge >= 0.3 is 6.18 Å². The number of rotatable bonds is 1. The molecule has 2 aromatic rings. The van der Waals surface area contributed by atoms with E-state index in [1.165, 1.54) is 12.1 Å². The first-order valence-electron chi connectivity index (χ1n) is 4.87. The Morgan fingerprint density at radius 3 is 2.11 bits per heavy atom. The fourth-order valence-corrected chi connectivity index (χ4v) is 2.21. The maximum atomic E-state index is 12.4. The molecular weight excluding hydrogens is 375 g/mol. The quantitative estimate of drug-likeness (QED) is 0.654. The van der Waals surface area contributed by atoms with E-state index in [4.69, 9.17) is 0 Å². The lowest BCUT2D eigenvalue weighted by molar-refractivity contribution is -0.137. The van der Waals surface area contributed by atoms with Crippen LogP contribution in [0.25, 0.3) is 11.3 Å². The molecule has 0 atom stereocenters. The predicted octanol–water partition coefficient (Wildman–Crippen LogP) is 5.29. The van der Waals surface area contributed by atoms with Gasteiger partial charge in [0, 0.05) is 16.2 Å². The van der Waals surface area contributed by atoms with Gasteiger partial charge in [-0.2, -0.15) is 13.2 Å². The van der Waals surface area contributed by atoms with Gasteiger partial charge < -0.3 is 0 Å². The van der Waals surface area contributed by atoms with Crippen molar-refractivity contribution < 1.29 is 13.2 Å². The van der Waals surface area contributed by atoms with Crippen LogP contribution in [0.3, 0.4) is 0 Å². The number of aromatic nitrogens is 1. The molecule has 2 rings (SSSR count). The zero-order chi connectivity index (χ0) is 13.3. The Kier molecular flexibility index (Phi) is 3.77.